The molecule has 5 heteroatoms. The van der Waals surface area contributed by atoms with Gasteiger partial charge < -0.3 is 10.6 Å². The smallest absolute Gasteiger partial charge is 0.186 e. The summed E-state index contributed by atoms with van der Waals surface area (Å²) in [6, 6.07) is 0. The Balaban J connectivity index is 2.01. The number of hydrogen-bond donors (Lipinski definition) is 2. The molecule has 0 saturated carbocycles. The molecule has 92 valence electrons. The summed E-state index contributed by atoms with van der Waals surface area (Å²) in [4.78, 5) is 7.83. The number of rotatable bonds is 4. The van der Waals surface area contributed by atoms with Gasteiger partial charge in [0.05, 0.1) is 5.69 Å². The van der Waals surface area contributed by atoms with Gasteiger partial charge in [-0.2, -0.15) is 0 Å². The summed E-state index contributed by atoms with van der Waals surface area (Å²) in [6.07, 6.45) is 5.12. The molecule has 0 aromatic carbocycles. The Morgan fingerprint density at radius 3 is 3.06 bits per heavy atom. The van der Waals surface area contributed by atoms with Crippen molar-refractivity contribution in [1.82, 2.24) is 15.3 Å². The first kappa shape index (κ1) is 12.0. The number of halogens is 1. The number of anilines is 1. The molecule has 1 aromatic rings. The van der Waals surface area contributed by atoms with Gasteiger partial charge in [-0.25, -0.2) is 14.4 Å². The highest BCUT2D eigenvalue weighted by Crippen LogP contribution is 2.14. The Bertz CT molecular complexity index is 417. The second-order valence-corrected chi connectivity index (χ2v) is 4.01. The van der Waals surface area contributed by atoms with Crippen molar-refractivity contribution in [3.63, 3.8) is 0 Å². The Labute approximate surface area is 100 Å². The topological polar surface area (TPSA) is 49.8 Å². The number of nitrogens with one attached hydrogen (secondary N) is 2. The zero-order chi connectivity index (χ0) is 12.1. The third-order valence-corrected chi connectivity index (χ3v) is 2.84. The van der Waals surface area contributed by atoms with E-state index in [2.05, 4.69) is 26.7 Å². The van der Waals surface area contributed by atoms with Crippen molar-refractivity contribution in [3.8, 4) is 0 Å². The summed E-state index contributed by atoms with van der Waals surface area (Å²) in [6.45, 7) is 4.41. The van der Waals surface area contributed by atoms with Gasteiger partial charge in [0, 0.05) is 13.1 Å². The molecule has 0 atom stereocenters. The molecule has 0 amide bonds. The van der Waals surface area contributed by atoms with Crippen LogP contribution < -0.4 is 10.6 Å². The van der Waals surface area contributed by atoms with Crippen LogP contribution in [0.1, 0.15) is 19.0 Å². The Kier molecular flexibility index (Phi) is 4.03. The summed E-state index contributed by atoms with van der Waals surface area (Å²) in [7, 11) is 0. The summed E-state index contributed by atoms with van der Waals surface area (Å²) < 4.78 is 13.8. The van der Waals surface area contributed by atoms with Crippen LogP contribution in [0.4, 0.5) is 10.2 Å². The maximum absolute atomic E-state index is 13.8. The Hall–Kier alpha value is -1.49. The van der Waals surface area contributed by atoms with Gasteiger partial charge in [-0.15, -0.1) is 0 Å². The molecule has 0 bridgehead atoms. The van der Waals surface area contributed by atoms with Gasteiger partial charge in [0.15, 0.2) is 11.6 Å². The SMILES string of the molecule is CCc1ncnc(NCC2=CCNCC2)c1F. The van der Waals surface area contributed by atoms with E-state index in [4.69, 9.17) is 0 Å². The molecule has 0 radical (unpaired) electrons. The third kappa shape index (κ3) is 3.00. The van der Waals surface area contributed by atoms with Crippen LogP contribution in [-0.4, -0.2) is 29.6 Å². The van der Waals surface area contributed by atoms with E-state index in [9.17, 15) is 4.39 Å². The van der Waals surface area contributed by atoms with Crippen LogP contribution in [0, 0.1) is 5.82 Å². The molecule has 0 unspecified atom stereocenters. The average molecular weight is 236 g/mol. The fraction of sp³-hybridized carbons (Fsp3) is 0.500. The van der Waals surface area contributed by atoms with Gasteiger partial charge >= 0.3 is 0 Å². The second kappa shape index (κ2) is 5.72. The van der Waals surface area contributed by atoms with Crippen molar-refractivity contribution in [3.05, 3.63) is 29.5 Å². The summed E-state index contributed by atoms with van der Waals surface area (Å²) in [5.74, 6) is -0.0270. The fourth-order valence-corrected chi connectivity index (χ4v) is 1.80. The van der Waals surface area contributed by atoms with Crippen molar-refractivity contribution in [2.75, 3.05) is 25.0 Å². The first-order chi connectivity index (χ1) is 8.31. The lowest BCUT2D eigenvalue weighted by molar-refractivity contribution is 0.597. The first-order valence-corrected chi connectivity index (χ1v) is 5.93. The minimum Gasteiger partial charge on any atom is -0.364 e. The van der Waals surface area contributed by atoms with Gasteiger partial charge in [0.2, 0.25) is 0 Å². The molecule has 0 aliphatic carbocycles. The van der Waals surface area contributed by atoms with Crippen LogP contribution in [0.2, 0.25) is 0 Å². The van der Waals surface area contributed by atoms with Crippen LogP contribution in [0.5, 0.6) is 0 Å². The zero-order valence-corrected chi connectivity index (χ0v) is 9.96. The lowest BCUT2D eigenvalue weighted by Crippen LogP contribution is -2.23. The van der Waals surface area contributed by atoms with E-state index < -0.39 is 0 Å². The Morgan fingerprint density at radius 2 is 2.35 bits per heavy atom. The van der Waals surface area contributed by atoms with E-state index in [0.717, 1.165) is 19.5 Å². The standard InChI is InChI=1S/C12H17FN4/c1-2-10-11(13)12(17-8-16-10)15-7-9-3-5-14-6-4-9/h3,8,14H,2,4-7H2,1H3,(H,15,16,17). The van der Waals surface area contributed by atoms with Crippen LogP contribution in [-0.2, 0) is 6.42 Å². The molecule has 17 heavy (non-hydrogen) atoms. The zero-order valence-electron chi connectivity index (χ0n) is 9.96. The summed E-state index contributed by atoms with van der Waals surface area (Å²) >= 11 is 0. The lowest BCUT2D eigenvalue weighted by atomic mass is 10.1. The normalized spacial score (nSPS) is 15.5. The van der Waals surface area contributed by atoms with Crippen molar-refractivity contribution in [1.29, 1.82) is 0 Å². The monoisotopic (exact) mass is 236 g/mol. The fourth-order valence-electron chi connectivity index (χ4n) is 1.80. The van der Waals surface area contributed by atoms with E-state index in [1.807, 2.05) is 6.92 Å². The maximum Gasteiger partial charge on any atom is 0.186 e. The summed E-state index contributed by atoms with van der Waals surface area (Å²) in [5.41, 5.74) is 1.75. The Morgan fingerprint density at radius 1 is 1.47 bits per heavy atom. The molecular formula is C12H17FN4. The number of hydrogen-bond acceptors (Lipinski definition) is 4. The maximum atomic E-state index is 13.8. The number of aromatic nitrogens is 2. The number of aryl methyl sites for hydroxylation is 1. The highest BCUT2D eigenvalue weighted by molar-refractivity contribution is 5.39. The molecule has 2 rings (SSSR count). The molecule has 1 aliphatic heterocycles. The highest BCUT2D eigenvalue weighted by Gasteiger charge is 2.10. The van der Waals surface area contributed by atoms with Gasteiger partial charge in [-0.05, 0) is 19.4 Å². The predicted octanol–water partition coefficient (Wildman–Crippen LogP) is 1.51. The molecule has 1 aromatic heterocycles. The van der Waals surface area contributed by atoms with E-state index in [1.165, 1.54) is 11.9 Å². The van der Waals surface area contributed by atoms with Gasteiger partial charge in [-0.1, -0.05) is 18.6 Å². The van der Waals surface area contributed by atoms with Gasteiger partial charge in [0.25, 0.3) is 0 Å². The van der Waals surface area contributed by atoms with Crippen molar-refractivity contribution in [2.24, 2.45) is 0 Å². The second-order valence-electron chi connectivity index (χ2n) is 4.01. The van der Waals surface area contributed by atoms with Crippen molar-refractivity contribution in [2.45, 2.75) is 19.8 Å². The van der Waals surface area contributed by atoms with E-state index in [-0.39, 0.29) is 5.82 Å². The van der Waals surface area contributed by atoms with E-state index in [1.54, 1.807) is 0 Å². The molecule has 0 saturated heterocycles. The largest absolute Gasteiger partial charge is 0.364 e. The molecule has 2 N–H and O–H groups in total. The number of nitrogens with zero attached hydrogens (tertiary/aromatic N) is 2. The van der Waals surface area contributed by atoms with E-state index >= 15 is 0 Å². The molecule has 2 heterocycles. The van der Waals surface area contributed by atoms with Crippen molar-refractivity contribution >= 4 is 5.82 Å². The quantitative estimate of drug-likeness (QED) is 0.778. The van der Waals surface area contributed by atoms with Crippen LogP contribution >= 0.6 is 0 Å². The van der Waals surface area contributed by atoms with Gasteiger partial charge in [-0.3, -0.25) is 0 Å². The molecular weight excluding hydrogens is 219 g/mol. The first-order valence-electron chi connectivity index (χ1n) is 5.93. The minimum absolute atomic E-state index is 0.302. The highest BCUT2D eigenvalue weighted by atomic mass is 19.1. The lowest BCUT2D eigenvalue weighted by Gasteiger charge is -2.15. The molecule has 0 spiro atoms. The predicted molar refractivity (Wildman–Crippen MR) is 65.4 cm³/mol. The van der Waals surface area contributed by atoms with Crippen LogP contribution in [0.3, 0.4) is 0 Å². The molecule has 1 aliphatic rings. The average Bonchev–Trinajstić information content (AvgIpc) is 2.39. The van der Waals surface area contributed by atoms with E-state index in [0.29, 0.717) is 24.5 Å². The third-order valence-electron chi connectivity index (χ3n) is 2.84. The molecule has 4 nitrogen and oxygen atoms in total. The molecule has 0 fully saturated rings. The minimum atomic E-state index is -0.329. The van der Waals surface area contributed by atoms with Gasteiger partial charge in [0.1, 0.15) is 6.33 Å². The van der Waals surface area contributed by atoms with Crippen LogP contribution in [0.25, 0.3) is 0 Å². The van der Waals surface area contributed by atoms with Crippen LogP contribution in [0.15, 0.2) is 18.0 Å². The summed E-state index contributed by atoms with van der Waals surface area (Å²) in [5, 5.41) is 6.27. The van der Waals surface area contributed by atoms with Crippen molar-refractivity contribution < 1.29 is 4.39 Å².